The first-order valence-corrected chi connectivity index (χ1v) is 6.22. The Morgan fingerprint density at radius 3 is 2.70 bits per heavy atom. The van der Waals surface area contributed by atoms with E-state index in [4.69, 9.17) is 10.5 Å². The van der Waals surface area contributed by atoms with Crippen LogP contribution in [0.1, 0.15) is 18.9 Å². The molecule has 2 aromatic rings. The summed E-state index contributed by atoms with van der Waals surface area (Å²) in [5.41, 5.74) is 5.49. The molecule has 6 nitrogen and oxygen atoms in total. The highest BCUT2D eigenvalue weighted by molar-refractivity contribution is 5.31. The predicted octanol–water partition coefficient (Wildman–Crippen LogP) is 1.98. The monoisotopic (exact) mass is 277 g/mol. The largest absolute Gasteiger partial charge is 0.492 e. The van der Waals surface area contributed by atoms with Gasteiger partial charge in [0.05, 0.1) is 6.54 Å². The Morgan fingerprint density at radius 1 is 1.25 bits per heavy atom. The minimum Gasteiger partial charge on any atom is -0.492 e. The Bertz CT molecular complexity index is 550. The number of hydrogen-bond acceptors (Lipinski definition) is 6. The summed E-state index contributed by atoms with van der Waals surface area (Å²) in [6.07, 6.45) is -1.29. The number of aromatic nitrogens is 3. The van der Waals surface area contributed by atoms with Crippen molar-refractivity contribution in [2.75, 3.05) is 24.2 Å². The molecule has 0 aliphatic rings. The van der Waals surface area contributed by atoms with E-state index in [1.54, 1.807) is 0 Å². The van der Waals surface area contributed by atoms with E-state index >= 15 is 0 Å². The fourth-order valence-corrected chi connectivity index (χ4v) is 1.51. The van der Waals surface area contributed by atoms with Crippen molar-refractivity contribution in [3.8, 4) is 5.75 Å². The molecule has 0 fully saturated rings. The van der Waals surface area contributed by atoms with Crippen molar-refractivity contribution in [2.24, 2.45) is 0 Å². The SMILES string of the molecule is C[C@H](F)c1nc(N)nc(NCCOc2ccccc2)n1. The van der Waals surface area contributed by atoms with E-state index in [1.165, 1.54) is 6.92 Å². The van der Waals surface area contributed by atoms with Crippen LogP contribution in [0.25, 0.3) is 0 Å². The highest BCUT2D eigenvalue weighted by atomic mass is 19.1. The number of nitrogens with one attached hydrogen (secondary N) is 1. The molecule has 1 heterocycles. The standard InChI is InChI=1S/C13H16FN5O/c1-9(14)11-17-12(15)19-13(18-11)16-7-8-20-10-5-3-2-4-6-10/h2-6,9H,7-8H2,1H3,(H3,15,16,17,18,19)/t9-/m0/s1. The summed E-state index contributed by atoms with van der Waals surface area (Å²) in [5, 5.41) is 2.92. The van der Waals surface area contributed by atoms with Gasteiger partial charge in [-0.1, -0.05) is 18.2 Å². The zero-order valence-corrected chi connectivity index (χ0v) is 11.1. The number of halogens is 1. The van der Waals surface area contributed by atoms with E-state index in [9.17, 15) is 4.39 Å². The van der Waals surface area contributed by atoms with Gasteiger partial charge in [0.25, 0.3) is 0 Å². The van der Waals surface area contributed by atoms with E-state index in [0.717, 1.165) is 5.75 Å². The number of alkyl halides is 1. The average Bonchev–Trinajstić information content (AvgIpc) is 2.44. The summed E-state index contributed by atoms with van der Waals surface area (Å²) in [5.74, 6) is 1.03. The zero-order chi connectivity index (χ0) is 14.4. The number of rotatable bonds is 6. The summed E-state index contributed by atoms with van der Waals surface area (Å²) in [4.78, 5) is 11.5. The third kappa shape index (κ3) is 4.04. The summed E-state index contributed by atoms with van der Waals surface area (Å²) in [7, 11) is 0. The van der Waals surface area contributed by atoms with Crippen LogP contribution in [0.4, 0.5) is 16.3 Å². The van der Waals surface area contributed by atoms with Crippen molar-refractivity contribution in [3.05, 3.63) is 36.2 Å². The molecule has 0 unspecified atom stereocenters. The topological polar surface area (TPSA) is 86.0 Å². The van der Waals surface area contributed by atoms with Crippen LogP contribution < -0.4 is 15.8 Å². The molecule has 0 aliphatic heterocycles. The van der Waals surface area contributed by atoms with Gasteiger partial charge < -0.3 is 15.8 Å². The maximum atomic E-state index is 13.1. The average molecular weight is 277 g/mol. The van der Waals surface area contributed by atoms with Gasteiger partial charge in [-0.2, -0.15) is 15.0 Å². The third-order valence-corrected chi connectivity index (χ3v) is 2.42. The van der Waals surface area contributed by atoms with Gasteiger partial charge in [0.1, 0.15) is 12.4 Å². The first kappa shape index (κ1) is 14.0. The Morgan fingerprint density at radius 2 is 2.00 bits per heavy atom. The number of anilines is 2. The summed E-state index contributed by atoms with van der Waals surface area (Å²) in [6.45, 7) is 2.24. The van der Waals surface area contributed by atoms with Gasteiger partial charge in [-0.25, -0.2) is 4.39 Å². The number of nitrogens with two attached hydrogens (primary N) is 1. The van der Waals surface area contributed by atoms with Gasteiger partial charge in [0.15, 0.2) is 12.0 Å². The van der Waals surface area contributed by atoms with E-state index in [-0.39, 0.29) is 17.7 Å². The Hall–Kier alpha value is -2.44. The predicted molar refractivity (Wildman–Crippen MR) is 74.2 cm³/mol. The summed E-state index contributed by atoms with van der Waals surface area (Å²) >= 11 is 0. The second-order valence-electron chi connectivity index (χ2n) is 4.08. The quantitative estimate of drug-likeness (QED) is 0.785. The molecule has 0 radical (unpaired) electrons. The van der Waals surface area contributed by atoms with Gasteiger partial charge in [0, 0.05) is 0 Å². The molecule has 1 atom stereocenters. The fourth-order valence-electron chi connectivity index (χ4n) is 1.51. The second-order valence-corrected chi connectivity index (χ2v) is 4.08. The van der Waals surface area contributed by atoms with E-state index < -0.39 is 6.17 Å². The summed E-state index contributed by atoms with van der Waals surface area (Å²) in [6, 6.07) is 9.43. The second kappa shape index (κ2) is 6.65. The lowest BCUT2D eigenvalue weighted by atomic mass is 10.3. The minimum absolute atomic E-state index is 0.00835. The molecule has 1 aromatic heterocycles. The fraction of sp³-hybridized carbons (Fsp3) is 0.308. The maximum absolute atomic E-state index is 13.1. The molecule has 106 valence electrons. The molecule has 20 heavy (non-hydrogen) atoms. The van der Waals surface area contributed by atoms with Crippen LogP contribution in [0.15, 0.2) is 30.3 Å². The van der Waals surface area contributed by atoms with Crippen LogP contribution in [0.3, 0.4) is 0 Å². The van der Waals surface area contributed by atoms with Crippen molar-refractivity contribution >= 4 is 11.9 Å². The van der Waals surface area contributed by atoms with E-state index in [1.807, 2.05) is 30.3 Å². The highest BCUT2D eigenvalue weighted by Gasteiger charge is 2.10. The molecule has 0 aliphatic carbocycles. The molecule has 3 N–H and O–H groups in total. The van der Waals surface area contributed by atoms with Crippen LogP contribution in [-0.2, 0) is 0 Å². The first-order valence-electron chi connectivity index (χ1n) is 6.22. The molecule has 0 amide bonds. The van der Waals surface area contributed by atoms with Crippen LogP contribution in [0.2, 0.25) is 0 Å². The Kier molecular flexibility index (Phi) is 4.65. The lowest BCUT2D eigenvalue weighted by Crippen LogP contribution is -2.15. The highest BCUT2D eigenvalue weighted by Crippen LogP contribution is 2.13. The number of ether oxygens (including phenoxy) is 1. The minimum atomic E-state index is -1.29. The van der Waals surface area contributed by atoms with Gasteiger partial charge in [-0.05, 0) is 19.1 Å². The van der Waals surface area contributed by atoms with Gasteiger partial charge >= 0.3 is 0 Å². The zero-order valence-electron chi connectivity index (χ0n) is 11.1. The Balaban J connectivity index is 1.85. The number of nitrogen functional groups attached to an aromatic ring is 1. The van der Waals surface area contributed by atoms with Crippen LogP contribution in [0, 0.1) is 0 Å². The van der Waals surface area contributed by atoms with Crippen molar-refractivity contribution in [3.63, 3.8) is 0 Å². The number of nitrogens with zero attached hydrogens (tertiary/aromatic N) is 3. The smallest absolute Gasteiger partial charge is 0.227 e. The molecule has 1 aromatic carbocycles. The summed E-state index contributed by atoms with van der Waals surface area (Å²) < 4.78 is 18.6. The van der Waals surface area contributed by atoms with Crippen molar-refractivity contribution in [1.29, 1.82) is 0 Å². The molecular weight excluding hydrogens is 261 g/mol. The van der Waals surface area contributed by atoms with Gasteiger partial charge in [-0.3, -0.25) is 0 Å². The van der Waals surface area contributed by atoms with Gasteiger partial charge in [0.2, 0.25) is 11.9 Å². The van der Waals surface area contributed by atoms with Crippen molar-refractivity contribution in [2.45, 2.75) is 13.1 Å². The normalized spacial score (nSPS) is 11.9. The van der Waals surface area contributed by atoms with Crippen LogP contribution in [0.5, 0.6) is 5.75 Å². The van der Waals surface area contributed by atoms with Crippen molar-refractivity contribution < 1.29 is 9.13 Å². The molecule has 7 heteroatoms. The molecular formula is C13H16FN5O. The molecule has 2 rings (SSSR count). The number of benzene rings is 1. The maximum Gasteiger partial charge on any atom is 0.227 e. The number of hydrogen-bond donors (Lipinski definition) is 2. The van der Waals surface area contributed by atoms with E-state index in [2.05, 4.69) is 20.3 Å². The molecule has 0 saturated carbocycles. The van der Waals surface area contributed by atoms with Gasteiger partial charge in [-0.15, -0.1) is 0 Å². The third-order valence-electron chi connectivity index (χ3n) is 2.42. The molecule has 0 spiro atoms. The van der Waals surface area contributed by atoms with Crippen LogP contribution in [-0.4, -0.2) is 28.1 Å². The van der Waals surface area contributed by atoms with Crippen molar-refractivity contribution in [1.82, 2.24) is 15.0 Å². The first-order chi connectivity index (χ1) is 9.65. The lowest BCUT2D eigenvalue weighted by Gasteiger charge is -2.09. The lowest BCUT2D eigenvalue weighted by molar-refractivity contribution is 0.332. The number of para-hydroxylation sites is 1. The molecule has 0 bridgehead atoms. The molecule has 0 saturated heterocycles. The van der Waals surface area contributed by atoms with Crippen LogP contribution >= 0.6 is 0 Å². The Labute approximate surface area is 116 Å². The van der Waals surface area contributed by atoms with E-state index in [0.29, 0.717) is 13.2 Å².